The first-order chi connectivity index (χ1) is 16.7. The predicted octanol–water partition coefficient (Wildman–Crippen LogP) is 4.53. The van der Waals surface area contributed by atoms with Crippen molar-refractivity contribution in [2.45, 2.75) is 32.2 Å². The van der Waals surface area contributed by atoms with Gasteiger partial charge in [-0.1, -0.05) is 18.2 Å². The lowest BCUT2D eigenvalue weighted by Crippen LogP contribution is -2.47. The molecule has 0 saturated carbocycles. The lowest BCUT2D eigenvalue weighted by atomic mass is 10.0. The Morgan fingerprint density at radius 2 is 1.68 bits per heavy atom. The molecule has 0 radical (unpaired) electrons. The Morgan fingerprint density at radius 3 is 2.47 bits per heavy atom. The smallest absolute Gasteiger partial charge is 0.333 e. The SMILES string of the molecule is Cn1ccc2cc(N3CCN(CCn4c(=O)n(C5=CCCCC5)c5ccccc54)CC3)ccc21. The van der Waals surface area contributed by atoms with Gasteiger partial charge < -0.3 is 9.47 Å². The topological polar surface area (TPSA) is 38.3 Å². The summed E-state index contributed by atoms with van der Waals surface area (Å²) in [5.74, 6) is 0. The van der Waals surface area contributed by atoms with Crippen molar-refractivity contribution in [2.75, 3.05) is 37.6 Å². The molecule has 6 rings (SSSR count). The van der Waals surface area contributed by atoms with Gasteiger partial charge in [0.15, 0.2) is 0 Å². The minimum Gasteiger partial charge on any atom is -0.369 e. The van der Waals surface area contributed by atoms with Crippen molar-refractivity contribution in [3.8, 4) is 0 Å². The molecule has 1 aliphatic heterocycles. The maximum Gasteiger partial charge on any atom is 0.333 e. The second kappa shape index (κ2) is 8.84. The molecule has 3 heterocycles. The molecule has 0 atom stereocenters. The van der Waals surface area contributed by atoms with Crippen LogP contribution in [-0.2, 0) is 13.6 Å². The van der Waals surface area contributed by atoms with Crippen molar-refractivity contribution in [1.82, 2.24) is 18.6 Å². The molecule has 2 aromatic carbocycles. The quantitative estimate of drug-likeness (QED) is 0.444. The van der Waals surface area contributed by atoms with Crippen molar-refractivity contribution in [3.05, 3.63) is 71.3 Å². The summed E-state index contributed by atoms with van der Waals surface area (Å²) >= 11 is 0. The molecule has 6 nitrogen and oxygen atoms in total. The third kappa shape index (κ3) is 3.76. The highest BCUT2D eigenvalue weighted by Crippen LogP contribution is 2.26. The van der Waals surface area contributed by atoms with Gasteiger partial charge in [-0.15, -0.1) is 0 Å². The first-order valence-electron chi connectivity index (χ1n) is 12.6. The van der Waals surface area contributed by atoms with Crippen LogP contribution in [0.25, 0.3) is 27.6 Å². The number of benzene rings is 2. The minimum atomic E-state index is 0.115. The Hall–Kier alpha value is -3.25. The number of nitrogens with zero attached hydrogens (tertiary/aromatic N) is 5. The minimum absolute atomic E-state index is 0.115. The molecule has 0 spiro atoms. The molecule has 34 heavy (non-hydrogen) atoms. The van der Waals surface area contributed by atoms with E-state index < -0.39 is 0 Å². The van der Waals surface area contributed by atoms with Crippen molar-refractivity contribution in [2.24, 2.45) is 7.05 Å². The fourth-order valence-electron chi connectivity index (χ4n) is 5.66. The summed E-state index contributed by atoms with van der Waals surface area (Å²) in [6, 6.07) is 17.2. The Kier molecular flexibility index (Phi) is 5.53. The molecule has 2 aromatic heterocycles. The highest BCUT2D eigenvalue weighted by Gasteiger charge is 2.20. The van der Waals surface area contributed by atoms with E-state index >= 15 is 0 Å². The van der Waals surface area contributed by atoms with Crippen molar-refractivity contribution in [1.29, 1.82) is 0 Å². The molecule has 6 heteroatoms. The van der Waals surface area contributed by atoms with Crippen LogP contribution in [0.2, 0.25) is 0 Å². The first kappa shape index (κ1) is 21.3. The van der Waals surface area contributed by atoms with Gasteiger partial charge in [0.2, 0.25) is 0 Å². The summed E-state index contributed by atoms with van der Waals surface area (Å²) in [6.45, 7) is 5.70. The summed E-state index contributed by atoms with van der Waals surface area (Å²) in [4.78, 5) is 18.4. The van der Waals surface area contributed by atoms with Crippen molar-refractivity contribution in [3.63, 3.8) is 0 Å². The fraction of sp³-hybridized carbons (Fsp3) is 0.393. The molecule has 0 N–H and O–H groups in total. The number of anilines is 1. The summed E-state index contributed by atoms with van der Waals surface area (Å²) in [5, 5.41) is 1.30. The average Bonchev–Trinajstić information content (AvgIpc) is 3.39. The van der Waals surface area contributed by atoms with E-state index in [-0.39, 0.29) is 5.69 Å². The number of hydrogen-bond acceptors (Lipinski definition) is 3. The predicted molar refractivity (Wildman–Crippen MR) is 141 cm³/mol. The molecule has 176 valence electrons. The molecule has 4 aromatic rings. The number of fused-ring (bicyclic) bond motifs is 2. The third-order valence-electron chi connectivity index (χ3n) is 7.64. The van der Waals surface area contributed by atoms with Crippen LogP contribution in [0.3, 0.4) is 0 Å². The van der Waals surface area contributed by atoms with E-state index in [9.17, 15) is 4.79 Å². The van der Waals surface area contributed by atoms with Gasteiger partial charge in [-0.2, -0.15) is 0 Å². The van der Waals surface area contributed by atoms with E-state index in [1.807, 2.05) is 21.3 Å². The second-order valence-corrected chi connectivity index (χ2v) is 9.70. The molecule has 0 unspecified atom stereocenters. The van der Waals surface area contributed by atoms with Gasteiger partial charge in [-0.3, -0.25) is 14.0 Å². The van der Waals surface area contributed by atoms with Crippen LogP contribution >= 0.6 is 0 Å². The zero-order chi connectivity index (χ0) is 23.1. The molecular weight excluding hydrogens is 422 g/mol. The molecule has 0 bridgehead atoms. The lowest BCUT2D eigenvalue weighted by molar-refractivity contribution is 0.248. The highest BCUT2D eigenvalue weighted by molar-refractivity contribution is 5.84. The van der Waals surface area contributed by atoms with Gasteiger partial charge in [-0.25, -0.2) is 4.79 Å². The van der Waals surface area contributed by atoms with Gasteiger partial charge in [0.05, 0.1) is 11.0 Å². The van der Waals surface area contributed by atoms with Gasteiger partial charge in [0.25, 0.3) is 0 Å². The number of allylic oxidation sites excluding steroid dienone is 2. The molecule has 0 amide bonds. The molecule has 1 aliphatic carbocycles. The molecule has 1 saturated heterocycles. The van der Waals surface area contributed by atoms with E-state index in [0.29, 0.717) is 0 Å². The maximum absolute atomic E-state index is 13.5. The van der Waals surface area contributed by atoms with Crippen LogP contribution in [0.5, 0.6) is 0 Å². The van der Waals surface area contributed by atoms with E-state index in [1.165, 1.54) is 35.1 Å². The summed E-state index contributed by atoms with van der Waals surface area (Å²) in [7, 11) is 2.09. The van der Waals surface area contributed by atoms with Gasteiger partial charge in [0.1, 0.15) is 0 Å². The van der Waals surface area contributed by atoms with E-state index in [2.05, 4.69) is 70.1 Å². The normalized spacial score (nSPS) is 17.6. The monoisotopic (exact) mass is 455 g/mol. The number of para-hydroxylation sites is 2. The van der Waals surface area contributed by atoms with Crippen LogP contribution in [0.4, 0.5) is 5.69 Å². The van der Waals surface area contributed by atoms with Gasteiger partial charge >= 0.3 is 5.69 Å². The second-order valence-electron chi connectivity index (χ2n) is 9.70. The Bertz CT molecular complexity index is 1410. The molecule has 2 aliphatic rings. The Labute approximate surface area is 200 Å². The van der Waals surface area contributed by atoms with Crippen LogP contribution in [0, 0.1) is 0 Å². The first-order valence-corrected chi connectivity index (χ1v) is 12.6. The van der Waals surface area contributed by atoms with Crippen LogP contribution < -0.4 is 10.6 Å². The Morgan fingerprint density at radius 1 is 0.853 bits per heavy atom. The van der Waals surface area contributed by atoms with E-state index in [1.54, 1.807) is 0 Å². The van der Waals surface area contributed by atoms with Crippen LogP contribution in [0.1, 0.15) is 25.7 Å². The summed E-state index contributed by atoms with van der Waals surface area (Å²) < 4.78 is 6.12. The maximum atomic E-state index is 13.5. The number of imidazole rings is 1. The van der Waals surface area contributed by atoms with E-state index in [0.717, 1.165) is 63.1 Å². The number of hydrogen-bond donors (Lipinski definition) is 0. The average molecular weight is 456 g/mol. The lowest BCUT2D eigenvalue weighted by Gasteiger charge is -2.36. The van der Waals surface area contributed by atoms with Crippen molar-refractivity contribution >= 4 is 33.3 Å². The van der Waals surface area contributed by atoms with Gasteiger partial charge in [-0.05, 0) is 62.1 Å². The number of aromatic nitrogens is 3. The molecule has 1 fully saturated rings. The number of piperazine rings is 1. The van der Waals surface area contributed by atoms with E-state index in [4.69, 9.17) is 0 Å². The largest absolute Gasteiger partial charge is 0.369 e. The van der Waals surface area contributed by atoms with Gasteiger partial charge in [0, 0.05) is 74.8 Å². The highest BCUT2D eigenvalue weighted by atomic mass is 16.1. The number of rotatable bonds is 5. The summed E-state index contributed by atoms with van der Waals surface area (Å²) in [5.41, 5.74) is 5.96. The van der Waals surface area contributed by atoms with Crippen LogP contribution in [0.15, 0.2) is 65.6 Å². The Balaban J connectivity index is 1.15. The summed E-state index contributed by atoms with van der Waals surface area (Å²) in [6.07, 6.45) is 8.83. The number of aryl methyl sites for hydroxylation is 1. The van der Waals surface area contributed by atoms with Crippen LogP contribution in [-0.4, -0.2) is 51.3 Å². The zero-order valence-electron chi connectivity index (χ0n) is 20.0. The standard InChI is InChI=1S/C28H33N5O/c1-29-14-13-22-21-24(11-12-25(22)29)31-18-15-30(16-19-31)17-20-32-26-9-5-6-10-27(26)33(28(32)34)23-7-3-2-4-8-23/h5-7,9-14,21H,2-4,8,15-20H2,1H3. The van der Waals surface area contributed by atoms with Crippen molar-refractivity contribution < 1.29 is 0 Å². The zero-order valence-corrected chi connectivity index (χ0v) is 20.0. The molecular formula is C28H33N5O. The fourth-order valence-corrected chi connectivity index (χ4v) is 5.66. The third-order valence-corrected chi connectivity index (χ3v) is 7.64.